The molecular formula is C14H16N4S. The van der Waals surface area contributed by atoms with Gasteiger partial charge >= 0.3 is 0 Å². The topological polar surface area (TPSA) is 63.3 Å². The average molecular weight is 272 g/mol. The molecule has 0 aliphatic heterocycles. The van der Waals surface area contributed by atoms with Gasteiger partial charge < -0.3 is 11.1 Å². The number of nitrogen functional groups attached to an aromatic ring is 1. The highest BCUT2D eigenvalue weighted by molar-refractivity contribution is 7.98. The van der Waals surface area contributed by atoms with E-state index < -0.39 is 0 Å². The van der Waals surface area contributed by atoms with Crippen LogP contribution in [0.4, 0.5) is 17.2 Å². The van der Waals surface area contributed by atoms with Crippen LogP contribution in [0.2, 0.25) is 0 Å². The number of aliphatic imine (C=N–C) groups is 1. The summed E-state index contributed by atoms with van der Waals surface area (Å²) in [5.41, 5.74) is 8.54. The minimum atomic E-state index is 0.735. The fourth-order valence-corrected chi connectivity index (χ4v) is 2.59. The molecule has 2 rings (SSSR count). The van der Waals surface area contributed by atoms with Crippen molar-refractivity contribution in [3.63, 3.8) is 0 Å². The molecule has 3 N–H and O–H groups in total. The van der Waals surface area contributed by atoms with E-state index in [0.717, 1.165) is 33.4 Å². The third-order valence-corrected chi connectivity index (χ3v) is 3.75. The summed E-state index contributed by atoms with van der Waals surface area (Å²) in [5.74, 6) is 1.69. The SMILES string of the molecule is C=Nc1ccc(N)cc1SCc1ccc(NC)nc1. The quantitative estimate of drug-likeness (QED) is 0.498. The van der Waals surface area contributed by atoms with E-state index in [1.165, 1.54) is 0 Å². The number of benzene rings is 1. The molecule has 4 nitrogen and oxygen atoms in total. The molecule has 0 amide bonds. The lowest BCUT2D eigenvalue weighted by molar-refractivity contribution is 1.23. The molecule has 0 unspecified atom stereocenters. The van der Waals surface area contributed by atoms with Gasteiger partial charge in [-0.05, 0) is 36.5 Å². The summed E-state index contributed by atoms with van der Waals surface area (Å²) in [7, 11) is 1.85. The third-order valence-electron chi connectivity index (χ3n) is 2.63. The molecule has 0 spiro atoms. The van der Waals surface area contributed by atoms with Gasteiger partial charge in [-0.1, -0.05) is 6.07 Å². The van der Waals surface area contributed by atoms with Gasteiger partial charge in [-0.2, -0.15) is 0 Å². The molecule has 0 aliphatic rings. The minimum absolute atomic E-state index is 0.735. The maximum atomic E-state index is 5.79. The smallest absolute Gasteiger partial charge is 0.125 e. The van der Waals surface area contributed by atoms with Crippen molar-refractivity contribution < 1.29 is 0 Å². The van der Waals surface area contributed by atoms with Crippen molar-refractivity contribution in [2.75, 3.05) is 18.1 Å². The first-order valence-corrected chi connectivity index (χ1v) is 6.83. The first-order valence-electron chi connectivity index (χ1n) is 5.84. The number of aromatic nitrogens is 1. The Labute approximate surface area is 117 Å². The Morgan fingerprint density at radius 3 is 2.84 bits per heavy atom. The normalized spacial score (nSPS) is 10.2. The van der Waals surface area contributed by atoms with Gasteiger partial charge in [0.1, 0.15) is 5.82 Å². The Kier molecular flexibility index (Phi) is 4.41. The number of hydrogen-bond donors (Lipinski definition) is 2. The van der Waals surface area contributed by atoms with Crippen molar-refractivity contribution in [1.29, 1.82) is 0 Å². The Morgan fingerprint density at radius 2 is 2.21 bits per heavy atom. The molecule has 0 saturated carbocycles. The van der Waals surface area contributed by atoms with Crippen molar-refractivity contribution in [1.82, 2.24) is 4.98 Å². The van der Waals surface area contributed by atoms with E-state index in [4.69, 9.17) is 5.73 Å². The molecule has 1 aromatic heterocycles. The predicted molar refractivity (Wildman–Crippen MR) is 83.4 cm³/mol. The maximum Gasteiger partial charge on any atom is 0.125 e. The zero-order valence-electron chi connectivity index (χ0n) is 10.8. The van der Waals surface area contributed by atoms with Gasteiger partial charge in [-0.25, -0.2) is 4.98 Å². The van der Waals surface area contributed by atoms with E-state index in [2.05, 4.69) is 28.1 Å². The molecule has 98 valence electrons. The summed E-state index contributed by atoms with van der Waals surface area (Å²) in [6.07, 6.45) is 1.87. The number of pyridine rings is 1. The summed E-state index contributed by atoms with van der Waals surface area (Å²) in [4.78, 5) is 9.32. The number of nitrogens with two attached hydrogens (primary N) is 1. The van der Waals surface area contributed by atoms with Crippen molar-refractivity contribution in [3.8, 4) is 0 Å². The van der Waals surface area contributed by atoms with Crippen LogP contribution in [0, 0.1) is 0 Å². The van der Waals surface area contributed by atoms with Crippen LogP contribution in [0.1, 0.15) is 5.56 Å². The van der Waals surface area contributed by atoms with E-state index in [1.54, 1.807) is 11.8 Å². The molecule has 0 bridgehead atoms. The molecule has 5 heteroatoms. The highest BCUT2D eigenvalue weighted by atomic mass is 32.2. The van der Waals surface area contributed by atoms with Crippen LogP contribution in [0.15, 0.2) is 46.4 Å². The summed E-state index contributed by atoms with van der Waals surface area (Å²) in [6.45, 7) is 3.57. The molecule has 0 saturated heterocycles. The molecule has 19 heavy (non-hydrogen) atoms. The standard InChI is InChI=1S/C14H16N4S/c1-16-12-5-4-11(15)7-13(12)19-9-10-3-6-14(17-2)18-8-10/h3-8H,1,9,15H2,2H3,(H,17,18). The number of thioether (sulfide) groups is 1. The van der Waals surface area contributed by atoms with Crippen LogP contribution in [0.25, 0.3) is 0 Å². The zero-order valence-corrected chi connectivity index (χ0v) is 11.6. The van der Waals surface area contributed by atoms with Gasteiger partial charge in [0.2, 0.25) is 0 Å². The molecule has 0 aliphatic carbocycles. The summed E-state index contributed by atoms with van der Waals surface area (Å²) >= 11 is 1.68. The lowest BCUT2D eigenvalue weighted by Crippen LogP contribution is -1.92. The van der Waals surface area contributed by atoms with E-state index in [-0.39, 0.29) is 0 Å². The van der Waals surface area contributed by atoms with Gasteiger partial charge in [0, 0.05) is 29.6 Å². The van der Waals surface area contributed by atoms with Gasteiger partial charge in [0.15, 0.2) is 0 Å². The van der Waals surface area contributed by atoms with Crippen molar-refractivity contribution in [2.45, 2.75) is 10.6 Å². The Hall–Kier alpha value is -2.01. The number of hydrogen-bond acceptors (Lipinski definition) is 5. The molecule has 1 aromatic carbocycles. The maximum absolute atomic E-state index is 5.79. The van der Waals surface area contributed by atoms with E-state index >= 15 is 0 Å². The number of rotatable bonds is 5. The first-order chi connectivity index (χ1) is 9.22. The average Bonchev–Trinajstić information content (AvgIpc) is 2.46. The van der Waals surface area contributed by atoms with Gasteiger partial charge in [-0.15, -0.1) is 11.8 Å². The van der Waals surface area contributed by atoms with Crippen molar-refractivity contribution in [2.24, 2.45) is 4.99 Å². The van der Waals surface area contributed by atoms with Crippen LogP contribution in [-0.2, 0) is 5.75 Å². The first kappa shape index (κ1) is 13.4. The second-order valence-electron chi connectivity index (χ2n) is 3.98. The summed E-state index contributed by atoms with van der Waals surface area (Å²) in [6, 6.07) is 9.65. The van der Waals surface area contributed by atoms with Crippen LogP contribution < -0.4 is 11.1 Å². The van der Waals surface area contributed by atoms with E-state index in [1.807, 2.05) is 37.5 Å². The number of nitrogens with one attached hydrogen (secondary N) is 1. The van der Waals surface area contributed by atoms with Crippen LogP contribution >= 0.6 is 11.8 Å². The van der Waals surface area contributed by atoms with Crippen molar-refractivity contribution >= 4 is 35.7 Å². The molecule has 2 aromatic rings. The van der Waals surface area contributed by atoms with E-state index in [9.17, 15) is 0 Å². The van der Waals surface area contributed by atoms with Gasteiger partial charge in [0.25, 0.3) is 0 Å². The number of nitrogens with zero attached hydrogens (tertiary/aromatic N) is 2. The lowest BCUT2D eigenvalue weighted by Gasteiger charge is -2.07. The monoisotopic (exact) mass is 272 g/mol. The second-order valence-corrected chi connectivity index (χ2v) is 4.99. The molecule has 0 atom stereocenters. The predicted octanol–water partition coefficient (Wildman–Crippen LogP) is 3.33. The second kappa shape index (κ2) is 6.24. The van der Waals surface area contributed by atoms with Crippen LogP contribution in [0.3, 0.4) is 0 Å². The summed E-state index contributed by atoms with van der Waals surface area (Å²) in [5, 5.41) is 3.00. The van der Waals surface area contributed by atoms with Crippen LogP contribution in [0.5, 0.6) is 0 Å². The highest BCUT2D eigenvalue weighted by Crippen LogP contribution is 2.33. The highest BCUT2D eigenvalue weighted by Gasteiger charge is 2.03. The van der Waals surface area contributed by atoms with Gasteiger partial charge in [-0.3, -0.25) is 4.99 Å². The minimum Gasteiger partial charge on any atom is -0.399 e. The molecular weight excluding hydrogens is 256 g/mol. The van der Waals surface area contributed by atoms with Crippen LogP contribution in [-0.4, -0.2) is 18.7 Å². The fourth-order valence-electron chi connectivity index (χ4n) is 1.60. The van der Waals surface area contributed by atoms with E-state index in [0.29, 0.717) is 0 Å². The Morgan fingerprint density at radius 1 is 1.37 bits per heavy atom. The molecule has 0 fully saturated rings. The van der Waals surface area contributed by atoms with Crippen molar-refractivity contribution in [3.05, 3.63) is 42.1 Å². The fraction of sp³-hybridized carbons (Fsp3) is 0.143. The largest absolute Gasteiger partial charge is 0.399 e. The molecule has 1 heterocycles. The third kappa shape index (κ3) is 3.48. The zero-order chi connectivity index (χ0) is 13.7. The lowest BCUT2D eigenvalue weighted by atomic mass is 10.3. The Balaban J connectivity index is 2.09. The van der Waals surface area contributed by atoms with Gasteiger partial charge in [0.05, 0.1) is 5.69 Å². The number of anilines is 2. The summed E-state index contributed by atoms with van der Waals surface area (Å²) < 4.78 is 0. The molecule has 0 radical (unpaired) electrons. The Bertz CT molecular complexity index is 566.